The third-order valence-corrected chi connectivity index (χ3v) is 7.18. The average Bonchev–Trinajstić information content (AvgIpc) is 3.07. The van der Waals surface area contributed by atoms with E-state index >= 15 is 0 Å². The first-order valence-electron chi connectivity index (χ1n) is 11.3. The second-order valence-electron chi connectivity index (χ2n) is 9.75. The first kappa shape index (κ1) is 28.0. The summed E-state index contributed by atoms with van der Waals surface area (Å²) in [5.41, 5.74) is 0.330. The third kappa shape index (κ3) is 6.82. The van der Waals surface area contributed by atoms with Gasteiger partial charge in [-0.3, -0.25) is 14.2 Å². The van der Waals surface area contributed by atoms with E-state index in [9.17, 15) is 26.4 Å². The van der Waals surface area contributed by atoms with E-state index in [0.717, 1.165) is 17.7 Å². The lowest BCUT2D eigenvalue weighted by Crippen LogP contribution is -2.42. The van der Waals surface area contributed by atoms with E-state index in [1.54, 1.807) is 19.1 Å². The molecule has 12 heteroatoms. The molecule has 1 atom stereocenters. The van der Waals surface area contributed by atoms with Crippen molar-refractivity contribution in [2.24, 2.45) is 12.5 Å². The number of nitrogens with one attached hydrogen (secondary N) is 2. The quantitative estimate of drug-likeness (QED) is 0.427. The summed E-state index contributed by atoms with van der Waals surface area (Å²) in [6, 6.07) is 10.7. The molecule has 0 spiro atoms. The van der Waals surface area contributed by atoms with Crippen LogP contribution in [0.1, 0.15) is 43.7 Å². The number of benzene rings is 2. The predicted molar refractivity (Wildman–Crippen MR) is 134 cm³/mol. The summed E-state index contributed by atoms with van der Waals surface area (Å²) >= 11 is 0. The number of carbonyl (C=O) groups is 1. The van der Waals surface area contributed by atoms with Crippen LogP contribution in [0.3, 0.4) is 0 Å². The lowest BCUT2D eigenvalue weighted by atomic mass is 9.88. The normalized spacial score (nSPS) is 13.2. The molecule has 1 heterocycles. The molecular weight excluding hydrogens is 509 g/mol. The number of carbonyl (C=O) groups excluding carboxylic acids is 1. The van der Waals surface area contributed by atoms with Crippen LogP contribution < -0.4 is 14.8 Å². The zero-order valence-electron chi connectivity index (χ0n) is 21.3. The standard InChI is InChI=1S/C25H29F3N4O4S/c1-15-10-12-19(13-11-15)37(34,35)31-21-20(17-8-7-9-18(14-17)36-25(26,27)28)30-32(6)22(21)23(33)29-16(2)24(3,4)5/h7-14,16,31H,1-6H3,(H,29,33). The van der Waals surface area contributed by atoms with Crippen molar-refractivity contribution in [1.29, 1.82) is 0 Å². The monoisotopic (exact) mass is 538 g/mol. The van der Waals surface area contributed by atoms with Crippen molar-refractivity contribution in [1.82, 2.24) is 15.1 Å². The smallest absolute Gasteiger partial charge is 0.406 e. The molecule has 0 aliphatic heterocycles. The number of amides is 1. The number of anilines is 1. The van der Waals surface area contributed by atoms with E-state index in [1.807, 2.05) is 27.7 Å². The van der Waals surface area contributed by atoms with Crippen LogP contribution in [0, 0.1) is 12.3 Å². The van der Waals surface area contributed by atoms with E-state index in [0.29, 0.717) is 0 Å². The van der Waals surface area contributed by atoms with Crippen molar-refractivity contribution in [2.45, 2.75) is 51.9 Å². The fourth-order valence-corrected chi connectivity index (χ4v) is 4.39. The number of alkyl halides is 3. The Morgan fingerprint density at radius 2 is 1.70 bits per heavy atom. The number of halogens is 3. The van der Waals surface area contributed by atoms with Gasteiger partial charge in [0.25, 0.3) is 15.9 Å². The molecule has 200 valence electrons. The zero-order chi connectivity index (χ0) is 27.8. The summed E-state index contributed by atoms with van der Waals surface area (Å²) in [5.74, 6) is -1.12. The molecule has 0 bridgehead atoms. The maximum atomic E-state index is 13.3. The highest BCUT2D eigenvalue weighted by molar-refractivity contribution is 7.92. The molecule has 1 amide bonds. The highest BCUT2D eigenvalue weighted by Gasteiger charge is 2.33. The summed E-state index contributed by atoms with van der Waals surface area (Å²) in [4.78, 5) is 13.3. The van der Waals surface area contributed by atoms with E-state index in [4.69, 9.17) is 0 Å². The van der Waals surface area contributed by atoms with Crippen molar-refractivity contribution in [3.05, 3.63) is 59.8 Å². The van der Waals surface area contributed by atoms with Crippen molar-refractivity contribution >= 4 is 21.6 Å². The molecule has 3 aromatic rings. The number of aryl methyl sites for hydroxylation is 2. The van der Waals surface area contributed by atoms with Crippen LogP contribution in [-0.4, -0.2) is 36.5 Å². The van der Waals surface area contributed by atoms with Crippen LogP contribution in [0.5, 0.6) is 5.75 Å². The molecule has 2 aromatic carbocycles. The number of ether oxygens (including phenoxy) is 1. The van der Waals surface area contributed by atoms with Crippen LogP contribution >= 0.6 is 0 Å². The molecule has 8 nitrogen and oxygen atoms in total. The SMILES string of the molecule is Cc1ccc(S(=O)(=O)Nc2c(-c3cccc(OC(F)(F)F)c3)nn(C)c2C(=O)NC(C)C(C)(C)C)cc1. The number of hydrogen-bond acceptors (Lipinski definition) is 5. The highest BCUT2D eigenvalue weighted by atomic mass is 32.2. The molecular formula is C25H29F3N4O4S. The summed E-state index contributed by atoms with van der Waals surface area (Å²) in [6.45, 7) is 9.40. The van der Waals surface area contributed by atoms with Crippen LogP contribution in [0.15, 0.2) is 53.4 Å². The fourth-order valence-electron chi connectivity index (χ4n) is 3.32. The molecule has 0 radical (unpaired) electrons. The van der Waals surface area contributed by atoms with Crippen molar-refractivity contribution in [3.63, 3.8) is 0 Å². The van der Waals surface area contributed by atoms with Gasteiger partial charge in [0.1, 0.15) is 17.1 Å². The van der Waals surface area contributed by atoms with Gasteiger partial charge in [0.2, 0.25) is 0 Å². The minimum absolute atomic E-state index is 0.0422. The summed E-state index contributed by atoms with van der Waals surface area (Å²) in [7, 11) is -2.75. The van der Waals surface area contributed by atoms with E-state index in [2.05, 4.69) is 19.9 Å². The fraction of sp³-hybridized carbons (Fsp3) is 0.360. The van der Waals surface area contributed by atoms with Gasteiger partial charge < -0.3 is 10.1 Å². The van der Waals surface area contributed by atoms with Crippen molar-refractivity contribution in [2.75, 3.05) is 4.72 Å². The Morgan fingerprint density at radius 3 is 2.27 bits per heavy atom. The topological polar surface area (TPSA) is 102 Å². The lowest BCUT2D eigenvalue weighted by Gasteiger charge is -2.28. The lowest BCUT2D eigenvalue weighted by molar-refractivity contribution is -0.274. The molecule has 1 unspecified atom stereocenters. The molecule has 0 aliphatic rings. The number of aromatic nitrogens is 2. The molecule has 3 rings (SSSR count). The van der Waals surface area contributed by atoms with Crippen LogP contribution in [-0.2, 0) is 17.1 Å². The Bertz CT molecular complexity index is 1390. The van der Waals surface area contributed by atoms with Crippen LogP contribution in [0.25, 0.3) is 11.3 Å². The summed E-state index contributed by atoms with van der Waals surface area (Å²) in [5, 5.41) is 7.14. The van der Waals surface area contributed by atoms with E-state index < -0.39 is 28.0 Å². The van der Waals surface area contributed by atoms with Gasteiger partial charge in [-0.2, -0.15) is 5.10 Å². The Balaban J connectivity index is 2.15. The number of nitrogens with zero attached hydrogens (tertiary/aromatic N) is 2. The Hall–Kier alpha value is -3.54. The van der Waals surface area contributed by atoms with Gasteiger partial charge in [-0.25, -0.2) is 8.42 Å². The Morgan fingerprint density at radius 1 is 1.08 bits per heavy atom. The maximum Gasteiger partial charge on any atom is 0.573 e. The van der Waals surface area contributed by atoms with Gasteiger partial charge >= 0.3 is 6.36 Å². The molecule has 37 heavy (non-hydrogen) atoms. The van der Waals surface area contributed by atoms with Gasteiger partial charge in [-0.05, 0) is 43.5 Å². The third-order valence-electron chi connectivity index (χ3n) is 5.82. The summed E-state index contributed by atoms with van der Waals surface area (Å²) < 4.78 is 72.6. The van der Waals surface area contributed by atoms with Gasteiger partial charge in [-0.15, -0.1) is 13.2 Å². The highest BCUT2D eigenvalue weighted by Crippen LogP contribution is 2.35. The van der Waals surface area contributed by atoms with Gasteiger partial charge in [-0.1, -0.05) is 50.6 Å². The molecule has 0 fully saturated rings. The first-order valence-corrected chi connectivity index (χ1v) is 12.8. The first-order chi connectivity index (χ1) is 17.0. The van der Waals surface area contributed by atoms with Crippen molar-refractivity contribution < 1.29 is 31.1 Å². The largest absolute Gasteiger partial charge is 0.573 e. The van der Waals surface area contributed by atoms with Crippen LogP contribution in [0.4, 0.5) is 18.9 Å². The van der Waals surface area contributed by atoms with E-state index in [-0.39, 0.29) is 39.0 Å². The van der Waals surface area contributed by atoms with E-state index in [1.165, 1.54) is 36.0 Å². The number of hydrogen-bond donors (Lipinski definition) is 2. The number of sulfonamides is 1. The van der Waals surface area contributed by atoms with Gasteiger partial charge in [0.05, 0.1) is 4.90 Å². The zero-order valence-corrected chi connectivity index (χ0v) is 22.1. The Labute approximate surface area is 213 Å². The van der Waals surface area contributed by atoms with Crippen molar-refractivity contribution in [3.8, 4) is 17.0 Å². The molecule has 2 N–H and O–H groups in total. The predicted octanol–water partition coefficient (Wildman–Crippen LogP) is 5.26. The minimum atomic E-state index is -4.92. The van der Waals surface area contributed by atoms with Gasteiger partial charge in [0.15, 0.2) is 5.69 Å². The second kappa shape index (κ2) is 10.1. The second-order valence-corrected chi connectivity index (χ2v) is 11.4. The molecule has 0 saturated carbocycles. The maximum absolute atomic E-state index is 13.3. The summed E-state index contributed by atoms with van der Waals surface area (Å²) in [6.07, 6.45) is -4.92. The number of rotatable bonds is 7. The molecule has 0 saturated heterocycles. The van der Waals surface area contributed by atoms with Crippen LogP contribution in [0.2, 0.25) is 0 Å². The Kier molecular flexibility index (Phi) is 7.64. The average molecular weight is 539 g/mol. The molecule has 1 aromatic heterocycles. The minimum Gasteiger partial charge on any atom is -0.406 e. The molecule has 0 aliphatic carbocycles. The van der Waals surface area contributed by atoms with Gasteiger partial charge in [0, 0.05) is 18.7 Å².